The zero-order chi connectivity index (χ0) is 14.8. The molecule has 4 atom stereocenters. The first-order chi connectivity index (χ1) is 10.2. The third-order valence-corrected chi connectivity index (χ3v) is 5.78. The van der Waals surface area contributed by atoms with Crippen molar-refractivity contribution < 1.29 is 4.74 Å². The van der Waals surface area contributed by atoms with Gasteiger partial charge >= 0.3 is 0 Å². The Bertz CT molecular complexity index is 484. The van der Waals surface area contributed by atoms with E-state index in [-0.39, 0.29) is 0 Å². The fourth-order valence-corrected chi connectivity index (χ4v) is 4.67. The third kappa shape index (κ3) is 3.26. The number of ether oxygens (including phenoxy) is 1. The van der Waals surface area contributed by atoms with Crippen LogP contribution in [0.4, 0.5) is 0 Å². The minimum absolute atomic E-state index is 0.574. The average Bonchev–Trinajstić information content (AvgIpc) is 3.09. The van der Waals surface area contributed by atoms with Crippen molar-refractivity contribution in [2.45, 2.75) is 51.5 Å². The molecule has 1 N–H and O–H groups in total. The second-order valence-electron chi connectivity index (χ2n) is 7.18. The first-order valence-corrected chi connectivity index (χ1v) is 8.50. The van der Waals surface area contributed by atoms with Crippen molar-refractivity contribution in [3.8, 4) is 5.75 Å². The lowest BCUT2D eigenvalue weighted by atomic mass is 9.83. The van der Waals surface area contributed by atoms with Gasteiger partial charge in [-0.05, 0) is 75.5 Å². The second kappa shape index (κ2) is 6.39. The van der Waals surface area contributed by atoms with Gasteiger partial charge in [0.05, 0.1) is 7.11 Å². The Labute approximate surface area is 129 Å². The predicted octanol–water partition coefficient (Wildman–Crippen LogP) is 3.96. The number of benzene rings is 1. The highest BCUT2D eigenvalue weighted by Gasteiger charge is 2.39. The highest BCUT2D eigenvalue weighted by atomic mass is 16.5. The molecule has 2 bridgehead atoms. The van der Waals surface area contributed by atoms with E-state index in [4.69, 9.17) is 4.74 Å². The van der Waals surface area contributed by atoms with Crippen molar-refractivity contribution >= 4 is 0 Å². The van der Waals surface area contributed by atoms with Gasteiger partial charge in [0.1, 0.15) is 5.75 Å². The van der Waals surface area contributed by atoms with E-state index in [1.165, 1.54) is 43.2 Å². The van der Waals surface area contributed by atoms with Crippen LogP contribution in [0.5, 0.6) is 5.75 Å². The molecule has 3 rings (SSSR count). The lowest BCUT2D eigenvalue weighted by Gasteiger charge is -2.27. The second-order valence-corrected chi connectivity index (χ2v) is 7.18. The van der Waals surface area contributed by atoms with Crippen molar-refractivity contribution in [1.82, 2.24) is 5.32 Å². The summed E-state index contributed by atoms with van der Waals surface area (Å²) in [4.78, 5) is 0. The van der Waals surface area contributed by atoms with E-state index < -0.39 is 0 Å². The van der Waals surface area contributed by atoms with Crippen molar-refractivity contribution in [3.63, 3.8) is 0 Å². The third-order valence-electron chi connectivity index (χ3n) is 5.78. The normalized spacial score (nSPS) is 28.8. The SMILES string of the molecule is CNC(Cc1cc(C)ccc1OC)CC1CC2CCC1C2. The van der Waals surface area contributed by atoms with Crippen LogP contribution in [-0.4, -0.2) is 20.2 Å². The molecule has 0 spiro atoms. The quantitative estimate of drug-likeness (QED) is 0.855. The van der Waals surface area contributed by atoms with Gasteiger partial charge < -0.3 is 10.1 Å². The van der Waals surface area contributed by atoms with E-state index in [1.54, 1.807) is 7.11 Å². The number of fused-ring (bicyclic) bond motifs is 2. The molecular weight excluding hydrogens is 258 g/mol. The predicted molar refractivity (Wildman–Crippen MR) is 87.8 cm³/mol. The molecule has 0 aliphatic heterocycles. The van der Waals surface area contributed by atoms with Gasteiger partial charge in [-0.15, -0.1) is 0 Å². The zero-order valence-corrected chi connectivity index (χ0v) is 13.7. The van der Waals surface area contributed by atoms with Crippen molar-refractivity contribution in [2.75, 3.05) is 14.2 Å². The largest absolute Gasteiger partial charge is 0.496 e. The van der Waals surface area contributed by atoms with Gasteiger partial charge in [0.15, 0.2) is 0 Å². The van der Waals surface area contributed by atoms with Gasteiger partial charge in [-0.1, -0.05) is 24.1 Å². The monoisotopic (exact) mass is 287 g/mol. The molecule has 0 amide bonds. The van der Waals surface area contributed by atoms with Crippen LogP contribution in [0.2, 0.25) is 0 Å². The van der Waals surface area contributed by atoms with Crippen LogP contribution in [-0.2, 0) is 6.42 Å². The van der Waals surface area contributed by atoms with Gasteiger partial charge in [0, 0.05) is 6.04 Å². The van der Waals surface area contributed by atoms with E-state index in [0.717, 1.165) is 29.9 Å². The maximum Gasteiger partial charge on any atom is 0.122 e. The summed E-state index contributed by atoms with van der Waals surface area (Å²) in [5.74, 6) is 4.06. The minimum atomic E-state index is 0.574. The highest BCUT2D eigenvalue weighted by Crippen LogP contribution is 2.50. The van der Waals surface area contributed by atoms with Crippen LogP contribution in [0.25, 0.3) is 0 Å². The van der Waals surface area contributed by atoms with Crippen LogP contribution in [0.3, 0.4) is 0 Å². The molecule has 1 aromatic rings. The number of nitrogens with one attached hydrogen (secondary N) is 1. The molecule has 4 unspecified atom stereocenters. The maximum atomic E-state index is 5.54. The van der Waals surface area contributed by atoms with Crippen LogP contribution in [0.1, 0.15) is 43.2 Å². The molecule has 116 valence electrons. The van der Waals surface area contributed by atoms with Crippen LogP contribution in [0, 0.1) is 24.7 Å². The molecule has 2 aliphatic carbocycles. The molecule has 0 saturated heterocycles. The van der Waals surface area contributed by atoms with Crippen LogP contribution in [0.15, 0.2) is 18.2 Å². The summed E-state index contributed by atoms with van der Waals surface area (Å²) in [6, 6.07) is 7.09. The zero-order valence-electron chi connectivity index (χ0n) is 13.7. The Balaban J connectivity index is 1.65. The smallest absolute Gasteiger partial charge is 0.122 e. The first-order valence-electron chi connectivity index (χ1n) is 8.50. The fraction of sp³-hybridized carbons (Fsp3) is 0.684. The molecule has 2 aliphatic rings. The number of hydrogen-bond donors (Lipinski definition) is 1. The van der Waals surface area contributed by atoms with Crippen LogP contribution >= 0.6 is 0 Å². The number of likely N-dealkylation sites (N-methyl/N-ethyl adjacent to an activating group) is 1. The molecular formula is C19H29NO. The number of rotatable bonds is 6. The first kappa shape index (κ1) is 14.9. The fourth-order valence-electron chi connectivity index (χ4n) is 4.67. The Morgan fingerprint density at radius 2 is 2.14 bits per heavy atom. The number of hydrogen-bond acceptors (Lipinski definition) is 2. The maximum absolute atomic E-state index is 5.54. The molecule has 2 fully saturated rings. The Morgan fingerprint density at radius 3 is 2.76 bits per heavy atom. The summed E-state index contributed by atoms with van der Waals surface area (Å²) in [6.07, 6.45) is 8.38. The van der Waals surface area contributed by atoms with E-state index in [1.807, 2.05) is 0 Å². The van der Waals surface area contributed by atoms with Gasteiger partial charge in [-0.2, -0.15) is 0 Å². The molecule has 2 saturated carbocycles. The van der Waals surface area contributed by atoms with Crippen molar-refractivity contribution in [1.29, 1.82) is 0 Å². The van der Waals surface area contributed by atoms with Crippen LogP contribution < -0.4 is 10.1 Å². The molecule has 21 heavy (non-hydrogen) atoms. The Kier molecular flexibility index (Phi) is 4.54. The van der Waals surface area contributed by atoms with E-state index >= 15 is 0 Å². The minimum Gasteiger partial charge on any atom is -0.496 e. The highest BCUT2D eigenvalue weighted by molar-refractivity contribution is 5.37. The molecule has 2 nitrogen and oxygen atoms in total. The van der Waals surface area contributed by atoms with E-state index in [9.17, 15) is 0 Å². The van der Waals surface area contributed by atoms with Gasteiger partial charge in [-0.3, -0.25) is 0 Å². The molecule has 2 heteroatoms. The summed E-state index contributed by atoms with van der Waals surface area (Å²) in [5.41, 5.74) is 2.67. The number of methoxy groups -OCH3 is 1. The summed E-state index contributed by atoms with van der Waals surface area (Å²) in [7, 11) is 3.89. The summed E-state index contributed by atoms with van der Waals surface area (Å²) < 4.78 is 5.54. The Hall–Kier alpha value is -1.02. The summed E-state index contributed by atoms with van der Waals surface area (Å²) >= 11 is 0. The molecule has 0 heterocycles. The number of aryl methyl sites for hydroxylation is 1. The summed E-state index contributed by atoms with van der Waals surface area (Å²) in [6.45, 7) is 2.16. The molecule has 0 radical (unpaired) electrons. The summed E-state index contributed by atoms with van der Waals surface area (Å²) in [5, 5.41) is 3.55. The Morgan fingerprint density at radius 1 is 1.29 bits per heavy atom. The van der Waals surface area contributed by atoms with Crippen molar-refractivity contribution in [2.24, 2.45) is 17.8 Å². The average molecular weight is 287 g/mol. The lowest BCUT2D eigenvalue weighted by molar-refractivity contribution is 0.280. The lowest BCUT2D eigenvalue weighted by Crippen LogP contribution is -2.31. The molecule has 0 aromatic heterocycles. The van der Waals surface area contributed by atoms with Crippen molar-refractivity contribution in [3.05, 3.63) is 29.3 Å². The van der Waals surface area contributed by atoms with Gasteiger partial charge in [0.25, 0.3) is 0 Å². The van der Waals surface area contributed by atoms with Gasteiger partial charge in [-0.25, -0.2) is 0 Å². The standard InChI is InChI=1S/C19H29NO/c1-13-4-7-19(21-3)17(8-13)12-18(20-2)11-16-10-14-5-6-15(16)9-14/h4,7-8,14-16,18,20H,5-6,9-12H2,1-3H3. The molecule has 1 aromatic carbocycles. The van der Waals surface area contributed by atoms with E-state index in [0.29, 0.717) is 6.04 Å². The topological polar surface area (TPSA) is 21.3 Å². The van der Waals surface area contributed by atoms with E-state index in [2.05, 4.69) is 37.5 Å². The van der Waals surface area contributed by atoms with Gasteiger partial charge in [0.2, 0.25) is 0 Å².